The predicted molar refractivity (Wildman–Crippen MR) is 151 cm³/mol. The number of ether oxygens (including phenoxy) is 2. The summed E-state index contributed by atoms with van der Waals surface area (Å²) in [6.07, 6.45) is 1.89. The van der Waals surface area contributed by atoms with E-state index in [2.05, 4.69) is 15.5 Å². The molecule has 5 rings (SSSR count). The monoisotopic (exact) mass is 589 g/mol. The summed E-state index contributed by atoms with van der Waals surface area (Å²) in [5, 5.41) is 18.1. The number of rotatable bonds is 7. The topological polar surface area (TPSA) is 73.6 Å². The van der Waals surface area contributed by atoms with Gasteiger partial charge < -0.3 is 14.8 Å². The summed E-state index contributed by atoms with van der Waals surface area (Å²) in [6, 6.07) is 15.4. The number of hydrogen-bond acceptors (Lipinski definition) is 7. The highest BCUT2D eigenvalue weighted by atomic mass is 35.5. The predicted octanol–water partition coefficient (Wildman–Crippen LogP) is 7.41. The van der Waals surface area contributed by atoms with E-state index in [-0.39, 0.29) is 10.0 Å². The first-order chi connectivity index (χ1) is 18.4. The van der Waals surface area contributed by atoms with E-state index < -0.39 is 5.82 Å². The van der Waals surface area contributed by atoms with Gasteiger partial charge >= 0.3 is 0 Å². The molecule has 0 unspecified atom stereocenters. The summed E-state index contributed by atoms with van der Waals surface area (Å²) in [5.74, 6) is 1.11. The van der Waals surface area contributed by atoms with Crippen LogP contribution in [0.5, 0.6) is 11.5 Å². The van der Waals surface area contributed by atoms with Gasteiger partial charge in [-0.25, -0.2) is 4.39 Å². The lowest BCUT2D eigenvalue weighted by atomic mass is 10.1. The molecule has 0 spiro atoms. The largest absolute Gasteiger partial charge is 0.493 e. The van der Waals surface area contributed by atoms with Gasteiger partial charge in [-0.15, -0.1) is 10.2 Å². The van der Waals surface area contributed by atoms with Gasteiger partial charge in [-0.1, -0.05) is 40.9 Å². The highest BCUT2D eigenvalue weighted by Crippen LogP contribution is 2.38. The molecule has 0 aliphatic carbocycles. The van der Waals surface area contributed by atoms with Crippen molar-refractivity contribution in [3.63, 3.8) is 0 Å². The van der Waals surface area contributed by atoms with Crippen molar-refractivity contribution in [3.05, 3.63) is 97.3 Å². The summed E-state index contributed by atoms with van der Waals surface area (Å²) in [5.41, 5.74) is 2.48. The molecule has 2 heterocycles. The maximum atomic E-state index is 14.5. The van der Waals surface area contributed by atoms with Crippen LogP contribution in [0.25, 0.3) is 6.08 Å². The van der Waals surface area contributed by atoms with Gasteiger partial charge in [0.05, 0.1) is 30.8 Å². The summed E-state index contributed by atoms with van der Waals surface area (Å²) < 4.78 is 26.9. The van der Waals surface area contributed by atoms with Crippen molar-refractivity contribution in [1.82, 2.24) is 14.9 Å². The molecular weight excluding hydrogens is 572 g/mol. The number of methoxy groups -OCH3 is 2. The number of benzene rings is 3. The van der Waals surface area contributed by atoms with Crippen molar-refractivity contribution < 1.29 is 13.9 Å². The standard InChI is InChI=1S/C26H19Cl3FN5O2S/c1-36-21-8-3-14(9-22(21)37-2)10-23-25(17-11-20(30)19(29)12-18(17)28)34-35-24(32-33-26(35)38-23)13-31-16-6-4-15(27)5-7-16/h3-12,31H,13H2,1-2H3. The Morgan fingerprint density at radius 2 is 1.71 bits per heavy atom. The Kier molecular flexibility index (Phi) is 7.80. The molecule has 1 aliphatic rings. The van der Waals surface area contributed by atoms with E-state index in [9.17, 15) is 4.39 Å². The number of hydrogen-bond donors (Lipinski definition) is 1. The Hall–Kier alpha value is -3.24. The zero-order valence-corrected chi connectivity index (χ0v) is 23.1. The molecule has 1 aliphatic heterocycles. The van der Waals surface area contributed by atoms with Gasteiger partial charge in [-0.3, -0.25) is 0 Å². The second-order valence-corrected chi connectivity index (χ2v) is 10.3. The summed E-state index contributed by atoms with van der Waals surface area (Å²) in [6.45, 7) is 0.337. The molecule has 4 aromatic rings. The number of nitrogens with one attached hydrogen (secondary N) is 1. The van der Waals surface area contributed by atoms with Crippen LogP contribution < -0.4 is 14.8 Å². The Morgan fingerprint density at radius 3 is 2.45 bits per heavy atom. The smallest absolute Gasteiger partial charge is 0.217 e. The first-order valence-corrected chi connectivity index (χ1v) is 13.1. The highest BCUT2D eigenvalue weighted by molar-refractivity contribution is 8.04. The number of thioether (sulfide) groups is 1. The minimum atomic E-state index is -0.608. The van der Waals surface area contributed by atoms with Crippen LogP contribution in [0.3, 0.4) is 0 Å². The Morgan fingerprint density at radius 1 is 0.947 bits per heavy atom. The number of fused-ring (bicyclic) bond motifs is 1. The minimum absolute atomic E-state index is 0.0777. The normalized spacial score (nSPS) is 13.7. The lowest BCUT2D eigenvalue weighted by molar-refractivity contribution is 0.355. The highest BCUT2D eigenvalue weighted by Gasteiger charge is 2.26. The SMILES string of the molecule is COc1ccc(C=C2Sc3nnc(CNc4ccc(Cl)cc4)n3N=C2c2cc(F)c(Cl)cc2Cl)cc1OC. The molecule has 1 aromatic heterocycles. The zero-order chi connectivity index (χ0) is 26.8. The molecule has 0 bridgehead atoms. The van der Waals surface area contributed by atoms with E-state index >= 15 is 0 Å². The fraction of sp³-hybridized carbons (Fsp3) is 0.115. The first-order valence-electron chi connectivity index (χ1n) is 11.2. The van der Waals surface area contributed by atoms with Gasteiger partial charge in [0.1, 0.15) is 11.5 Å². The van der Waals surface area contributed by atoms with Gasteiger partial charge in [0.15, 0.2) is 17.3 Å². The summed E-state index contributed by atoms with van der Waals surface area (Å²) >= 11 is 19.8. The Bertz CT molecular complexity index is 1570. The molecular formula is C26H19Cl3FN5O2S. The quantitative estimate of drug-likeness (QED) is 0.226. The van der Waals surface area contributed by atoms with E-state index in [4.69, 9.17) is 49.4 Å². The Balaban J connectivity index is 1.57. The van der Waals surface area contributed by atoms with Crippen molar-refractivity contribution in [2.75, 3.05) is 19.5 Å². The lowest BCUT2D eigenvalue weighted by Crippen LogP contribution is -2.15. The van der Waals surface area contributed by atoms with Crippen LogP contribution in [-0.4, -0.2) is 34.8 Å². The van der Waals surface area contributed by atoms with Crippen LogP contribution in [-0.2, 0) is 6.54 Å². The second kappa shape index (κ2) is 11.2. The third-order valence-electron chi connectivity index (χ3n) is 5.58. The van der Waals surface area contributed by atoms with Crippen molar-refractivity contribution in [2.24, 2.45) is 5.10 Å². The van der Waals surface area contributed by atoms with E-state index in [1.807, 2.05) is 30.3 Å². The molecule has 1 N–H and O–H groups in total. The zero-order valence-electron chi connectivity index (χ0n) is 20.0. The fourth-order valence-corrected chi connectivity index (χ4v) is 5.25. The van der Waals surface area contributed by atoms with Gasteiger partial charge in [-0.2, -0.15) is 9.78 Å². The molecule has 0 radical (unpaired) electrons. The number of allylic oxidation sites excluding steroid dienone is 1. The number of nitrogens with zero attached hydrogens (tertiary/aromatic N) is 4. The third-order valence-corrected chi connectivity index (χ3v) is 7.40. The average molecular weight is 591 g/mol. The molecule has 194 valence electrons. The van der Waals surface area contributed by atoms with Gasteiger partial charge in [0, 0.05) is 21.2 Å². The minimum Gasteiger partial charge on any atom is -0.493 e. The van der Waals surface area contributed by atoms with E-state index in [0.717, 1.165) is 11.3 Å². The molecule has 7 nitrogen and oxygen atoms in total. The molecule has 0 saturated carbocycles. The molecule has 0 fully saturated rings. The van der Waals surface area contributed by atoms with Crippen LogP contribution in [0, 0.1) is 5.82 Å². The van der Waals surface area contributed by atoms with Crippen molar-refractivity contribution in [2.45, 2.75) is 11.7 Å². The number of aromatic nitrogens is 3. The van der Waals surface area contributed by atoms with Gasteiger partial charge in [0.25, 0.3) is 0 Å². The first kappa shape index (κ1) is 26.4. The third kappa shape index (κ3) is 5.47. The van der Waals surface area contributed by atoms with Crippen LogP contribution in [0.2, 0.25) is 15.1 Å². The van der Waals surface area contributed by atoms with E-state index in [1.54, 1.807) is 37.1 Å². The van der Waals surface area contributed by atoms with Crippen LogP contribution in [0.4, 0.5) is 10.1 Å². The Labute approximate surface area is 237 Å². The summed E-state index contributed by atoms with van der Waals surface area (Å²) in [7, 11) is 3.14. The molecule has 0 saturated heterocycles. The molecule has 12 heteroatoms. The number of anilines is 1. The molecule has 0 amide bonds. The molecule has 3 aromatic carbocycles. The number of halogens is 4. The van der Waals surface area contributed by atoms with Crippen LogP contribution >= 0.6 is 46.6 Å². The summed E-state index contributed by atoms with van der Waals surface area (Å²) in [4.78, 5) is 0.679. The second-order valence-electron chi connectivity index (χ2n) is 7.99. The fourth-order valence-electron chi connectivity index (χ4n) is 3.70. The van der Waals surface area contributed by atoms with Gasteiger partial charge in [0.2, 0.25) is 5.16 Å². The van der Waals surface area contributed by atoms with Crippen molar-refractivity contribution in [3.8, 4) is 11.5 Å². The van der Waals surface area contributed by atoms with Crippen molar-refractivity contribution in [1.29, 1.82) is 0 Å². The maximum absolute atomic E-state index is 14.5. The van der Waals surface area contributed by atoms with Gasteiger partial charge in [-0.05, 0) is 71.9 Å². The average Bonchev–Trinajstić information content (AvgIpc) is 3.31. The van der Waals surface area contributed by atoms with Crippen LogP contribution in [0.15, 0.2) is 69.8 Å². The molecule has 38 heavy (non-hydrogen) atoms. The maximum Gasteiger partial charge on any atom is 0.217 e. The van der Waals surface area contributed by atoms with E-state index in [0.29, 0.717) is 50.2 Å². The lowest BCUT2D eigenvalue weighted by Gasteiger charge is -2.19. The van der Waals surface area contributed by atoms with Crippen LogP contribution in [0.1, 0.15) is 17.0 Å². The molecule has 0 atom stereocenters. The van der Waals surface area contributed by atoms with E-state index in [1.165, 1.54) is 23.9 Å². The van der Waals surface area contributed by atoms with Crippen molar-refractivity contribution >= 4 is 64.0 Å².